The summed E-state index contributed by atoms with van der Waals surface area (Å²) in [5.74, 6) is -0.437. The maximum Gasteiger partial charge on any atom is 0.359 e. The fraction of sp³-hybridized carbons (Fsp3) is 0.429. The molecule has 0 saturated carbocycles. The maximum absolute atomic E-state index is 11.9. The fourth-order valence-corrected chi connectivity index (χ4v) is 1.96. The topological polar surface area (TPSA) is 64.3 Å². The van der Waals surface area contributed by atoms with E-state index in [4.69, 9.17) is 4.74 Å². The van der Waals surface area contributed by atoms with E-state index in [1.54, 1.807) is 25.5 Å². The van der Waals surface area contributed by atoms with E-state index < -0.39 is 11.6 Å². The third kappa shape index (κ3) is 2.93. The lowest BCUT2D eigenvalue weighted by molar-refractivity contribution is 0.0500. The summed E-state index contributed by atoms with van der Waals surface area (Å²) < 4.78 is 6.64. The van der Waals surface area contributed by atoms with Crippen LogP contribution in [0.3, 0.4) is 0 Å². The molecule has 1 heterocycles. The highest BCUT2D eigenvalue weighted by molar-refractivity contribution is 6.02. The average Bonchev–Trinajstić information content (AvgIpc) is 2.67. The molecule has 2 aromatic rings. The number of nitrogens with zero attached hydrogens (tertiary/aromatic N) is 2. The zero-order chi connectivity index (χ0) is 14.0. The Kier molecular flexibility index (Phi) is 3.57. The summed E-state index contributed by atoms with van der Waals surface area (Å²) in [4.78, 5) is 11.9. The number of aromatic nitrogens is 2. The van der Waals surface area contributed by atoms with Crippen LogP contribution in [-0.4, -0.2) is 33.1 Å². The van der Waals surface area contributed by atoms with Gasteiger partial charge in [0.05, 0.1) is 24.3 Å². The number of para-hydroxylation sites is 1. The lowest BCUT2D eigenvalue weighted by Gasteiger charge is -2.17. The lowest BCUT2D eigenvalue weighted by Crippen LogP contribution is -2.26. The Bertz CT molecular complexity index is 596. The summed E-state index contributed by atoms with van der Waals surface area (Å²) in [6.07, 6.45) is 0. The van der Waals surface area contributed by atoms with Gasteiger partial charge in [-0.3, -0.25) is 4.68 Å². The molecule has 0 bridgehead atoms. The fourth-order valence-electron chi connectivity index (χ4n) is 1.96. The van der Waals surface area contributed by atoms with Crippen molar-refractivity contribution in [3.8, 4) is 0 Å². The molecule has 0 atom stereocenters. The first kappa shape index (κ1) is 13.5. The first-order chi connectivity index (χ1) is 8.92. The van der Waals surface area contributed by atoms with Crippen molar-refractivity contribution in [1.82, 2.24) is 9.78 Å². The number of aliphatic hydroxyl groups is 1. The van der Waals surface area contributed by atoms with E-state index in [2.05, 4.69) is 5.10 Å². The van der Waals surface area contributed by atoms with E-state index in [-0.39, 0.29) is 0 Å². The average molecular weight is 262 g/mol. The maximum atomic E-state index is 11.9. The molecule has 5 heteroatoms. The first-order valence-corrected chi connectivity index (χ1v) is 6.27. The van der Waals surface area contributed by atoms with Gasteiger partial charge in [-0.15, -0.1) is 0 Å². The van der Waals surface area contributed by atoms with Gasteiger partial charge in [-0.2, -0.15) is 5.10 Å². The van der Waals surface area contributed by atoms with Gasteiger partial charge in [-0.25, -0.2) is 4.79 Å². The van der Waals surface area contributed by atoms with Crippen LogP contribution in [0.5, 0.6) is 0 Å². The second kappa shape index (κ2) is 5.01. The van der Waals surface area contributed by atoms with Gasteiger partial charge in [-0.05, 0) is 26.8 Å². The number of esters is 1. The number of carbonyl (C=O) groups excluding carboxylic acids is 1. The standard InChI is InChI=1S/C14H18N2O3/c1-4-19-13(17)12-10-7-5-6-8-11(10)16(15-12)9-14(2,3)18/h5-8,18H,4,9H2,1-3H3. The summed E-state index contributed by atoms with van der Waals surface area (Å²) in [5.41, 5.74) is 0.204. The smallest absolute Gasteiger partial charge is 0.359 e. The van der Waals surface area contributed by atoms with Crippen LogP contribution in [0.1, 0.15) is 31.3 Å². The summed E-state index contributed by atoms with van der Waals surface area (Å²) in [6.45, 7) is 5.79. The van der Waals surface area contributed by atoms with Crippen LogP contribution >= 0.6 is 0 Å². The van der Waals surface area contributed by atoms with Crippen molar-refractivity contribution >= 4 is 16.9 Å². The minimum atomic E-state index is -0.902. The highest BCUT2D eigenvalue weighted by Crippen LogP contribution is 2.21. The van der Waals surface area contributed by atoms with Crippen LogP contribution in [-0.2, 0) is 11.3 Å². The Labute approximate surface area is 111 Å². The molecule has 0 amide bonds. The van der Waals surface area contributed by atoms with E-state index in [9.17, 15) is 9.90 Å². The Morgan fingerprint density at radius 3 is 2.74 bits per heavy atom. The van der Waals surface area contributed by atoms with Gasteiger partial charge < -0.3 is 9.84 Å². The predicted octanol–water partition coefficient (Wildman–Crippen LogP) is 1.98. The normalized spacial score (nSPS) is 11.8. The molecule has 1 aromatic heterocycles. The molecular formula is C14H18N2O3. The van der Waals surface area contributed by atoms with E-state index >= 15 is 0 Å². The lowest BCUT2D eigenvalue weighted by atomic mass is 10.1. The Balaban J connectivity index is 2.51. The number of ether oxygens (including phenoxy) is 1. The van der Waals surface area contributed by atoms with Gasteiger partial charge in [0.2, 0.25) is 0 Å². The Morgan fingerprint density at radius 1 is 1.42 bits per heavy atom. The molecule has 0 aliphatic rings. The molecule has 1 aromatic carbocycles. The molecule has 0 unspecified atom stereocenters. The van der Waals surface area contributed by atoms with E-state index in [1.165, 1.54) is 0 Å². The van der Waals surface area contributed by atoms with Crippen molar-refractivity contribution in [3.05, 3.63) is 30.0 Å². The Hall–Kier alpha value is -1.88. The first-order valence-electron chi connectivity index (χ1n) is 6.27. The molecule has 0 aliphatic carbocycles. The van der Waals surface area contributed by atoms with Gasteiger partial charge in [0, 0.05) is 5.39 Å². The second-order valence-corrected chi connectivity index (χ2v) is 5.06. The van der Waals surface area contributed by atoms with Crippen molar-refractivity contribution in [1.29, 1.82) is 0 Å². The molecular weight excluding hydrogens is 244 g/mol. The molecule has 0 spiro atoms. The van der Waals surface area contributed by atoms with Gasteiger partial charge in [0.15, 0.2) is 5.69 Å². The predicted molar refractivity (Wildman–Crippen MR) is 72.0 cm³/mol. The van der Waals surface area contributed by atoms with Crippen molar-refractivity contribution in [3.63, 3.8) is 0 Å². The van der Waals surface area contributed by atoms with Crippen molar-refractivity contribution in [2.75, 3.05) is 6.61 Å². The molecule has 0 aliphatic heterocycles. The zero-order valence-corrected chi connectivity index (χ0v) is 11.4. The number of benzene rings is 1. The number of fused-ring (bicyclic) bond motifs is 1. The molecule has 102 valence electrons. The van der Waals surface area contributed by atoms with Crippen molar-refractivity contribution in [2.45, 2.75) is 32.9 Å². The monoisotopic (exact) mass is 262 g/mol. The van der Waals surface area contributed by atoms with Gasteiger partial charge in [0.25, 0.3) is 0 Å². The van der Waals surface area contributed by atoms with Crippen LogP contribution < -0.4 is 0 Å². The minimum Gasteiger partial charge on any atom is -0.461 e. The molecule has 0 radical (unpaired) electrons. The van der Waals surface area contributed by atoms with Crippen LogP contribution in [0, 0.1) is 0 Å². The van der Waals surface area contributed by atoms with Crippen molar-refractivity contribution < 1.29 is 14.6 Å². The molecule has 5 nitrogen and oxygen atoms in total. The number of hydrogen-bond donors (Lipinski definition) is 1. The number of carbonyl (C=O) groups is 1. The summed E-state index contributed by atoms with van der Waals surface area (Å²) in [6, 6.07) is 7.42. The molecule has 2 rings (SSSR count). The van der Waals surface area contributed by atoms with Crippen LogP contribution in [0.4, 0.5) is 0 Å². The second-order valence-electron chi connectivity index (χ2n) is 5.06. The quantitative estimate of drug-likeness (QED) is 0.856. The van der Waals surface area contributed by atoms with E-state index in [1.807, 2.05) is 24.3 Å². The third-order valence-corrected chi connectivity index (χ3v) is 2.66. The highest BCUT2D eigenvalue weighted by atomic mass is 16.5. The van der Waals surface area contributed by atoms with Crippen molar-refractivity contribution in [2.24, 2.45) is 0 Å². The minimum absolute atomic E-state index is 0.293. The molecule has 19 heavy (non-hydrogen) atoms. The third-order valence-electron chi connectivity index (χ3n) is 2.66. The van der Waals surface area contributed by atoms with Gasteiger partial charge >= 0.3 is 5.97 Å². The zero-order valence-electron chi connectivity index (χ0n) is 11.4. The van der Waals surface area contributed by atoms with E-state index in [0.717, 1.165) is 10.9 Å². The van der Waals surface area contributed by atoms with Crippen LogP contribution in [0.25, 0.3) is 10.9 Å². The Morgan fingerprint density at radius 2 is 2.11 bits per heavy atom. The molecule has 1 N–H and O–H groups in total. The summed E-state index contributed by atoms with van der Waals surface area (Å²) >= 11 is 0. The SMILES string of the molecule is CCOC(=O)c1nn(CC(C)(C)O)c2ccccc12. The van der Waals surface area contributed by atoms with Gasteiger partial charge in [-0.1, -0.05) is 18.2 Å². The summed E-state index contributed by atoms with van der Waals surface area (Å²) in [5, 5.41) is 14.9. The largest absolute Gasteiger partial charge is 0.461 e. The van der Waals surface area contributed by atoms with Crippen LogP contribution in [0.2, 0.25) is 0 Å². The summed E-state index contributed by atoms with van der Waals surface area (Å²) in [7, 11) is 0. The van der Waals surface area contributed by atoms with E-state index in [0.29, 0.717) is 18.8 Å². The molecule has 0 saturated heterocycles. The number of rotatable bonds is 4. The highest BCUT2D eigenvalue weighted by Gasteiger charge is 2.21. The van der Waals surface area contributed by atoms with Gasteiger partial charge in [0.1, 0.15) is 0 Å². The molecule has 0 fully saturated rings. The number of hydrogen-bond acceptors (Lipinski definition) is 4. The van der Waals surface area contributed by atoms with Crippen LogP contribution in [0.15, 0.2) is 24.3 Å².